The lowest BCUT2D eigenvalue weighted by Crippen LogP contribution is -2.55. The second-order valence-electron chi connectivity index (χ2n) is 4.76. The molecule has 0 aromatic carbocycles. The average molecular weight is 244 g/mol. The second kappa shape index (κ2) is 5.92. The minimum atomic E-state index is -0.331. The summed E-state index contributed by atoms with van der Waals surface area (Å²) in [5, 5.41) is 0.516. The Bertz CT molecular complexity index is 247. The Morgan fingerprint density at radius 3 is 2.75 bits per heavy atom. The zero-order chi connectivity index (χ0) is 12.3. The summed E-state index contributed by atoms with van der Waals surface area (Å²) in [4.78, 5) is 14.2. The lowest BCUT2D eigenvalue weighted by Gasteiger charge is -2.39. The van der Waals surface area contributed by atoms with Gasteiger partial charge in [0.1, 0.15) is 0 Å². The Morgan fingerprint density at radius 1 is 1.56 bits per heavy atom. The van der Waals surface area contributed by atoms with Gasteiger partial charge >= 0.3 is 0 Å². The van der Waals surface area contributed by atoms with Gasteiger partial charge < -0.3 is 10.6 Å². The zero-order valence-electron chi connectivity index (χ0n) is 10.8. The number of carbonyl (C=O) groups is 1. The van der Waals surface area contributed by atoms with Crippen molar-refractivity contribution in [2.45, 2.75) is 51.4 Å². The normalized spacial score (nSPS) is 29.9. The van der Waals surface area contributed by atoms with Crippen LogP contribution in [0.15, 0.2) is 0 Å². The molecule has 0 aliphatic carbocycles. The van der Waals surface area contributed by atoms with Crippen molar-refractivity contribution in [3.05, 3.63) is 0 Å². The Labute approximate surface area is 103 Å². The van der Waals surface area contributed by atoms with Crippen LogP contribution in [0.25, 0.3) is 0 Å². The van der Waals surface area contributed by atoms with Crippen molar-refractivity contribution in [1.82, 2.24) is 4.90 Å². The van der Waals surface area contributed by atoms with Crippen molar-refractivity contribution in [2.75, 3.05) is 12.3 Å². The van der Waals surface area contributed by atoms with Crippen LogP contribution < -0.4 is 5.73 Å². The van der Waals surface area contributed by atoms with Gasteiger partial charge in [-0.2, -0.15) is 11.8 Å². The van der Waals surface area contributed by atoms with Crippen LogP contribution in [0.1, 0.15) is 34.1 Å². The number of hydrogen-bond acceptors (Lipinski definition) is 3. The van der Waals surface area contributed by atoms with E-state index in [0.717, 1.165) is 18.7 Å². The first kappa shape index (κ1) is 13.8. The SMILES string of the molecule is CCC(C)[C@H](N)C(=O)N1CCSC(C)C1C. The minimum Gasteiger partial charge on any atom is -0.337 e. The molecule has 16 heavy (non-hydrogen) atoms. The monoisotopic (exact) mass is 244 g/mol. The number of rotatable bonds is 3. The predicted octanol–water partition coefficient (Wildman–Crippen LogP) is 1.71. The molecular weight excluding hydrogens is 220 g/mol. The van der Waals surface area contributed by atoms with Gasteiger partial charge in [-0.25, -0.2) is 0 Å². The number of amides is 1. The third-order valence-corrected chi connectivity index (χ3v) is 5.05. The number of thioether (sulfide) groups is 1. The molecule has 0 aromatic rings. The maximum absolute atomic E-state index is 12.2. The molecule has 94 valence electrons. The van der Waals surface area contributed by atoms with E-state index in [1.54, 1.807) is 0 Å². The number of hydrogen-bond donors (Lipinski definition) is 1. The number of nitrogens with two attached hydrogens (primary N) is 1. The molecule has 1 amide bonds. The highest BCUT2D eigenvalue weighted by molar-refractivity contribution is 8.00. The van der Waals surface area contributed by atoms with E-state index in [0.29, 0.717) is 11.3 Å². The summed E-state index contributed by atoms with van der Waals surface area (Å²) in [6, 6.07) is -0.0240. The molecule has 1 heterocycles. The smallest absolute Gasteiger partial charge is 0.240 e. The molecule has 1 saturated heterocycles. The Balaban J connectivity index is 2.65. The van der Waals surface area contributed by atoms with E-state index in [1.807, 2.05) is 16.7 Å². The molecule has 1 rings (SSSR count). The summed E-state index contributed by atoms with van der Waals surface area (Å²) in [5.74, 6) is 1.43. The molecule has 4 atom stereocenters. The Kier molecular flexibility index (Phi) is 5.12. The summed E-state index contributed by atoms with van der Waals surface area (Å²) in [5.41, 5.74) is 6.01. The summed E-state index contributed by atoms with van der Waals surface area (Å²) in [6.07, 6.45) is 0.958. The van der Waals surface area contributed by atoms with Gasteiger partial charge in [-0.1, -0.05) is 27.2 Å². The van der Waals surface area contributed by atoms with Crippen LogP contribution in [-0.2, 0) is 4.79 Å². The highest BCUT2D eigenvalue weighted by Gasteiger charge is 2.32. The summed E-state index contributed by atoms with van der Waals surface area (Å²) < 4.78 is 0. The second-order valence-corrected chi connectivity index (χ2v) is 6.24. The van der Waals surface area contributed by atoms with Crippen LogP contribution >= 0.6 is 11.8 Å². The fourth-order valence-corrected chi connectivity index (χ4v) is 3.03. The molecule has 0 bridgehead atoms. The fraction of sp³-hybridized carbons (Fsp3) is 0.917. The van der Waals surface area contributed by atoms with Gasteiger partial charge in [0.2, 0.25) is 5.91 Å². The van der Waals surface area contributed by atoms with Crippen LogP contribution in [0.5, 0.6) is 0 Å². The standard InChI is InChI=1S/C12H24N2OS/c1-5-8(2)11(13)12(15)14-6-7-16-10(4)9(14)3/h8-11H,5-7,13H2,1-4H3/t8?,9?,10?,11-/m0/s1. The van der Waals surface area contributed by atoms with Crippen molar-refractivity contribution in [3.8, 4) is 0 Å². The molecule has 3 unspecified atom stereocenters. The van der Waals surface area contributed by atoms with E-state index in [1.165, 1.54) is 0 Å². The van der Waals surface area contributed by atoms with Crippen LogP contribution in [0.2, 0.25) is 0 Å². The van der Waals surface area contributed by atoms with E-state index in [4.69, 9.17) is 5.73 Å². The van der Waals surface area contributed by atoms with Gasteiger partial charge in [0.25, 0.3) is 0 Å². The molecule has 0 aromatic heterocycles. The highest BCUT2D eigenvalue weighted by atomic mass is 32.2. The van der Waals surface area contributed by atoms with E-state index < -0.39 is 0 Å². The van der Waals surface area contributed by atoms with Gasteiger partial charge in [-0.15, -0.1) is 0 Å². The molecule has 1 aliphatic heterocycles. The van der Waals surface area contributed by atoms with Crippen LogP contribution in [-0.4, -0.2) is 40.4 Å². The topological polar surface area (TPSA) is 46.3 Å². The zero-order valence-corrected chi connectivity index (χ0v) is 11.6. The van der Waals surface area contributed by atoms with Crippen LogP contribution in [0.3, 0.4) is 0 Å². The summed E-state index contributed by atoms with van der Waals surface area (Å²) in [6.45, 7) is 9.28. The minimum absolute atomic E-state index is 0.133. The molecule has 0 saturated carbocycles. The Hall–Kier alpha value is -0.220. The number of carbonyl (C=O) groups excluding carboxylic acids is 1. The van der Waals surface area contributed by atoms with Gasteiger partial charge in [0.15, 0.2) is 0 Å². The highest BCUT2D eigenvalue weighted by Crippen LogP contribution is 2.25. The van der Waals surface area contributed by atoms with Crippen molar-refractivity contribution in [3.63, 3.8) is 0 Å². The van der Waals surface area contributed by atoms with E-state index in [-0.39, 0.29) is 17.9 Å². The first-order valence-corrected chi connectivity index (χ1v) is 7.21. The quantitative estimate of drug-likeness (QED) is 0.822. The van der Waals surface area contributed by atoms with Gasteiger partial charge in [-0.3, -0.25) is 4.79 Å². The third kappa shape index (κ3) is 2.92. The molecule has 4 heteroatoms. The Morgan fingerprint density at radius 2 is 2.19 bits per heavy atom. The predicted molar refractivity (Wildman–Crippen MR) is 70.5 cm³/mol. The maximum Gasteiger partial charge on any atom is 0.240 e. The van der Waals surface area contributed by atoms with Crippen molar-refractivity contribution in [1.29, 1.82) is 0 Å². The summed E-state index contributed by atoms with van der Waals surface area (Å²) >= 11 is 1.94. The van der Waals surface area contributed by atoms with E-state index in [9.17, 15) is 4.79 Å². The lowest BCUT2D eigenvalue weighted by molar-refractivity contribution is -0.135. The number of nitrogens with zero attached hydrogens (tertiary/aromatic N) is 1. The van der Waals surface area contributed by atoms with Crippen molar-refractivity contribution in [2.24, 2.45) is 11.7 Å². The van der Waals surface area contributed by atoms with E-state index >= 15 is 0 Å². The molecule has 0 radical (unpaired) electrons. The lowest BCUT2D eigenvalue weighted by atomic mass is 9.98. The average Bonchev–Trinajstić information content (AvgIpc) is 2.29. The third-order valence-electron chi connectivity index (χ3n) is 3.71. The fourth-order valence-electron chi connectivity index (χ4n) is 1.93. The van der Waals surface area contributed by atoms with Gasteiger partial charge in [0, 0.05) is 23.6 Å². The summed E-state index contributed by atoms with van der Waals surface area (Å²) in [7, 11) is 0. The van der Waals surface area contributed by atoms with Crippen molar-refractivity contribution >= 4 is 17.7 Å². The first-order valence-electron chi connectivity index (χ1n) is 6.16. The van der Waals surface area contributed by atoms with Crippen molar-refractivity contribution < 1.29 is 4.79 Å². The first-order chi connectivity index (χ1) is 7.49. The molecule has 0 spiro atoms. The maximum atomic E-state index is 12.2. The molecule has 3 nitrogen and oxygen atoms in total. The van der Waals surface area contributed by atoms with Gasteiger partial charge in [0.05, 0.1) is 6.04 Å². The molecule has 1 fully saturated rings. The van der Waals surface area contributed by atoms with Crippen LogP contribution in [0.4, 0.5) is 0 Å². The van der Waals surface area contributed by atoms with E-state index in [2.05, 4.69) is 27.7 Å². The molecular formula is C12H24N2OS. The molecule has 2 N–H and O–H groups in total. The van der Waals surface area contributed by atoms with Gasteiger partial charge in [-0.05, 0) is 12.8 Å². The largest absolute Gasteiger partial charge is 0.337 e. The molecule has 1 aliphatic rings. The van der Waals surface area contributed by atoms with Crippen LogP contribution in [0, 0.1) is 5.92 Å².